The lowest BCUT2D eigenvalue weighted by Gasteiger charge is -2.26. The Bertz CT molecular complexity index is 880. The number of carboxylic acid groups (broad SMARTS) is 1. The lowest BCUT2D eigenvalue weighted by Crippen LogP contribution is -2.27. The van der Waals surface area contributed by atoms with Gasteiger partial charge in [-0.2, -0.15) is 0 Å². The molecule has 0 aromatic heterocycles. The van der Waals surface area contributed by atoms with E-state index < -0.39 is 17.5 Å². The number of Topliss-reactive ketones (excluding diaryl/α,β-unsaturated/α-hetero) is 2. The minimum absolute atomic E-state index is 0.0875. The molecule has 0 atom stereocenters. The summed E-state index contributed by atoms with van der Waals surface area (Å²) in [5, 5.41) is 9.33. The van der Waals surface area contributed by atoms with Crippen LogP contribution in [0, 0.1) is 0 Å². The second-order valence-electron chi connectivity index (χ2n) is 6.51. The molecule has 0 aliphatic carbocycles. The number of aromatic carboxylic acids is 1. The predicted molar refractivity (Wildman–Crippen MR) is 103 cm³/mol. The Morgan fingerprint density at radius 2 is 1.41 bits per heavy atom. The van der Waals surface area contributed by atoms with Crippen LogP contribution >= 0.6 is 0 Å². The maximum Gasteiger partial charge on any atom is 0.336 e. The first kappa shape index (κ1) is 18.6. The minimum atomic E-state index is -1.23. The molecule has 0 saturated carbocycles. The summed E-state index contributed by atoms with van der Waals surface area (Å²) in [4.78, 5) is 39.4. The Balaban J connectivity index is 1.99. The molecule has 3 rings (SSSR count). The zero-order valence-electron chi connectivity index (χ0n) is 14.9. The summed E-state index contributed by atoms with van der Waals surface area (Å²) in [6.45, 7) is 1.67. The highest BCUT2D eigenvalue weighted by atomic mass is 16.4. The zero-order chi connectivity index (χ0) is 19.2. The van der Waals surface area contributed by atoms with E-state index in [1.54, 1.807) is 24.4 Å². The van der Waals surface area contributed by atoms with E-state index in [4.69, 9.17) is 0 Å². The molecule has 1 aliphatic rings. The number of carboxylic acids is 1. The predicted octanol–water partition coefficient (Wildman–Crippen LogP) is 3.66. The second-order valence-corrected chi connectivity index (χ2v) is 6.51. The van der Waals surface area contributed by atoms with Crippen molar-refractivity contribution in [3.05, 3.63) is 77.5 Å². The first-order valence-corrected chi connectivity index (χ1v) is 9.00. The number of carbonyl (C=O) groups excluding carboxylic acids is 2. The van der Waals surface area contributed by atoms with Gasteiger partial charge in [0.25, 0.3) is 0 Å². The van der Waals surface area contributed by atoms with Crippen LogP contribution in [0.5, 0.6) is 0 Å². The third kappa shape index (κ3) is 4.31. The third-order valence-electron chi connectivity index (χ3n) is 4.64. The number of allylic oxidation sites excluding steroid dienone is 1. The number of carbonyl (C=O) groups is 3. The molecule has 138 valence electrons. The molecule has 1 saturated heterocycles. The van der Waals surface area contributed by atoms with Gasteiger partial charge in [0.2, 0.25) is 11.6 Å². The van der Waals surface area contributed by atoms with Gasteiger partial charge in [0.15, 0.2) is 0 Å². The maximum absolute atomic E-state index is 13.1. The van der Waals surface area contributed by atoms with Crippen molar-refractivity contribution in [2.45, 2.75) is 19.3 Å². The van der Waals surface area contributed by atoms with Gasteiger partial charge in [-0.1, -0.05) is 48.5 Å². The average Bonchev–Trinajstić information content (AvgIpc) is 2.72. The Kier molecular flexibility index (Phi) is 5.81. The number of hydrogen-bond acceptors (Lipinski definition) is 4. The first-order valence-electron chi connectivity index (χ1n) is 9.00. The van der Waals surface area contributed by atoms with E-state index >= 15 is 0 Å². The van der Waals surface area contributed by atoms with Crippen molar-refractivity contribution in [3.8, 4) is 0 Å². The SMILES string of the molecule is O=C(C(=O)c1ccccc1C(=O)O)C(=CN1CCCCC1)c1ccccc1. The van der Waals surface area contributed by atoms with Crippen molar-refractivity contribution in [2.75, 3.05) is 13.1 Å². The fourth-order valence-electron chi connectivity index (χ4n) is 3.22. The Hall–Kier alpha value is -3.21. The Morgan fingerprint density at radius 3 is 2.04 bits per heavy atom. The van der Waals surface area contributed by atoms with Crippen LogP contribution < -0.4 is 0 Å². The molecule has 1 heterocycles. The summed E-state index contributed by atoms with van der Waals surface area (Å²) in [6.07, 6.45) is 4.99. The second kappa shape index (κ2) is 8.45. The summed E-state index contributed by atoms with van der Waals surface area (Å²) in [5.41, 5.74) is 0.689. The summed E-state index contributed by atoms with van der Waals surface area (Å²) >= 11 is 0. The standard InChI is InChI=1S/C22H21NO4/c24-20(17-11-5-6-12-18(17)22(26)27)21(25)19(16-9-3-1-4-10-16)15-23-13-7-2-8-14-23/h1,3-6,9-12,15H,2,7-8,13-14H2,(H,26,27). The van der Waals surface area contributed by atoms with E-state index in [0.717, 1.165) is 32.4 Å². The average molecular weight is 363 g/mol. The van der Waals surface area contributed by atoms with Gasteiger partial charge >= 0.3 is 5.97 Å². The van der Waals surface area contributed by atoms with Crippen LogP contribution in [-0.4, -0.2) is 40.6 Å². The fraction of sp³-hybridized carbons (Fsp3) is 0.227. The molecule has 2 aromatic carbocycles. The number of nitrogens with zero attached hydrogens (tertiary/aromatic N) is 1. The van der Waals surface area contributed by atoms with Crippen molar-refractivity contribution >= 4 is 23.1 Å². The smallest absolute Gasteiger partial charge is 0.336 e. The maximum atomic E-state index is 13.1. The number of ketones is 2. The highest BCUT2D eigenvalue weighted by Crippen LogP contribution is 2.22. The number of likely N-dealkylation sites (tertiary alicyclic amines) is 1. The van der Waals surface area contributed by atoms with Crippen LogP contribution in [-0.2, 0) is 4.79 Å². The molecule has 1 N–H and O–H groups in total. The van der Waals surface area contributed by atoms with Gasteiger partial charge in [-0.3, -0.25) is 9.59 Å². The van der Waals surface area contributed by atoms with Crippen molar-refractivity contribution in [2.24, 2.45) is 0 Å². The van der Waals surface area contributed by atoms with Crippen LogP contribution in [0.2, 0.25) is 0 Å². The summed E-state index contributed by atoms with van der Waals surface area (Å²) < 4.78 is 0. The highest BCUT2D eigenvalue weighted by Gasteiger charge is 2.26. The molecule has 0 radical (unpaired) electrons. The Morgan fingerprint density at radius 1 is 0.815 bits per heavy atom. The minimum Gasteiger partial charge on any atom is -0.478 e. The van der Waals surface area contributed by atoms with Crippen molar-refractivity contribution in [1.82, 2.24) is 4.90 Å². The molecule has 2 aromatic rings. The topological polar surface area (TPSA) is 74.7 Å². The lowest BCUT2D eigenvalue weighted by molar-refractivity contribution is -0.110. The number of benzene rings is 2. The van der Waals surface area contributed by atoms with Crippen LogP contribution in [0.4, 0.5) is 0 Å². The zero-order valence-corrected chi connectivity index (χ0v) is 14.9. The van der Waals surface area contributed by atoms with Gasteiger partial charge < -0.3 is 10.0 Å². The normalized spacial score (nSPS) is 14.7. The van der Waals surface area contributed by atoms with Crippen LogP contribution in [0.1, 0.15) is 45.5 Å². The van der Waals surface area contributed by atoms with Gasteiger partial charge in [0.05, 0.1) is 5.56 Å². The van der Waals surface area contributed by atoms with E-state index in [2.05, 4.69) is 4.90 Å². The van der Waals surface area contributed by atoms with Crippen molar-refractivity contribution < 1.29 is 19.5 Å². The van der Waals surface area contributed by atoms with E-state index in [0.29, 0.717) is 11.1 Å². The number of piperidine rings is 1. The molecule has 0 unspecified atom stereocenters. The van der Waals surface area contributed by atoms with E-state index in [-0.39, 0.29) is 11.1 Å². The van der Waals surface area contributed by atoms with E-state index in [9.17, 15) is 19.5 Å². The van der Waals surface area contributed by atoms with Gasteiger partial charge in [0.1, 0.15) is 0 Å². The summed E-state index contributed by atoms with van der Waals surface area (Å²) in [7, 11) is 0. The van der Waals surface area contributed by atoms with Gasteiger partial charge in [-0.25, -0.2) is 4.79 Å². The van der Waals surface area contributed by atoms with Gasteiger partial charge in [0, 0.05) is 30.4 Å². The van der Waals surface area contributed by atoms with E-state index in [1.807, 2.05) is 18.2 Å². The summed E-state index contributed by atoms with van der Waals surface area (Å²) in [5.74, 6) is -2.73. The molecular weight excluding hydrogens is 342 g/mol. The van der Waals surface area contributed by atoms with Crippen LogP contribution in [0.15, 0.2) is 60.8 Å². The first-order chi connectivity index (χ1) is 13.1. The van der Waals surface area contributed by atoms with Crippen LogP contribution in [0.25, 0.3) is 5.57 Å². The van der Waals surface area contributed by atoms with Crippen LogP contribution in [0.3, 0.4) is 0 Å². The number of rotatable bonds is 6. The lowest BCUT2D eigenvalue weighted by atomic mass is 9.94. The molecule has 5 nitrogen and oxygen atoms in total. The molecule has 0 spiro atoms. The van der Waals surface area contributed by atoms with Crippen molar-refractivity contribution in [1.29, 1.82) is 0 Å². The van der Waals surface area contributed by atoms with Gasteiger partial charge in [-0.15, -0.1) is 0 Å². The molecule has 5 heteroatoms. The quantitative estimate of drug-likeness (QED) is 0.482. The molecular formula is C22H21NO4. The van der Waals surface area contributed by atoms with Gasteiger partial charge in [-0.05, 0) is 30.9 Å². The molecule has 27 heavy (non-hydrogen) atoms. The molecule has 0 bridgehead atoms. The molecule has 1 aliphatic heterocycles. The van der Waals surface area contributed by atoms with E-state index in [1.165, 1.54) is 18.2 Å². The fourth-order valence-corrected chi connectivity index (χ4v) is 3.22. The molecule has 0 amide bonds. The third-order valence-corrected chi connectivity index (χ3v) is 4.64. The largest absolute Gasteiger partial charge is 0.478 e. The number of hydrogen-bond donors (Lipinski definition) is 1. The Labute approximate surface area is 157 Å². The summed E-state index contributed by atoms with van der Waals surface area (Å²) in [6, 6.07) is 14.8. The van der Waals surface area contributed by atoms with Crippen molar-refractivity contribution in [3.63, 3.8) is 0 Å². The monoisotopic (exact) mass is 363 g/mol. The molecule has 1 fully saturated rings. The highest BCUT2D eigenvalue weighted by molar-refractivity contribution is 6.58.